The Kier molecular flexibility index (Phi) is 7.63. The fourth-order valence-corrected chi connectivity index (χ4v) is 4.10. The number of carboxylic acid groups (broad SMARTS) is 1. The van der Waals surface area contributed by atoms with Gasteiger partial charge >= 0.3 is 5.97 Å². The summed E-state index contributed by atoms with van der Waals surface area (Å²) in [6.45, 7) is 0. The molecule has 0 aromatic heterocycles. The summed E-state index contributed by atoms with van der Waals surface area (Å²) in [6, 6.07) is 32.7. The van der Waals surface area contributed by atoms with Gasteiger partial charge in [-0.3, -0.25) is 4.79 Å². The highest BCUT2D eigenvalue weighted by molar-refractivity contribution is 6.30. The number of hydrogen-bond donors (Lipinski definition) is 1. The van der Waals surface area contributed by atoms with Crippen molar-refractivity contribution in [2.45, 2.75) is 12.0 Å². The molecule has 0 aliphatic carbocycles. The summed E-state index contributed by atoms with van der Waals surface area (Å²) < 4.78 is 0. The van der Waals surface area contributed by atoms with Crippen LogP contribution in [-0.4, -0.2) is 17.4 Å². The van der Waals surface area contributed by atoms with Gasteiger partial charge in [-0.1, -0.05) is 83.9 Å². The first-order valence-corrected chi connectivity index (χ1v) is 11.4. The molecule has 4 nitrogen and oxygen atoms in total. The van der Waals surface area contributed by atoms with E-state index in [1.165, 1.54) is 0 Å². The monoisotopic (exact) mass is 488 g/mol. The molecule has 170 valence electrons. The molecule has 0 amide bonds. The summed E-state index contributed by atoms with van der Waals surface area (Å²) in [7, 11) is 0. The smallest absolute Gasteiger partial charge is 0.313 e. The van der Waals surface area contributed by atoms with Crippen LogP contribution in [0.1, 0.15) is 23.1 Å². The Balaban J connectivity index is 1.89. The minimum atomic E-state index is -0.932. The van der Waals surface area contributed by atoms with Crippen LogP contribution in [0, 0.1) is 0 Å². The van der Waals surface area contributed by atoms with Crippen molar-refractivity contribution in [1.82, 2.24) is 0 Å². The fourth-order valence-electron chi connectivity index (χ4n) is 3.85. The van der Waals surface area contributed by atoms with Gasteiger partial charge in [0.1, 0.15) is 5.92 Å². The maximum absolute atomic E-state index is 12.7. The summed E-state index contributed by atoms with van der Waals surface area (Å²) in [6.07, 6.45) is 1.67. The minimum absolute atomic E-state index is 0.585. The van der Waals surface area contributed by atoms with E-state index in [9.17, 15) is 9.90 Å². The van der Waals surface area contributed by atoms with E-state index in [1.54, 1.807) is 30.6 Å². The SMILES string of the molecule is O=C(O)C(c1ccccc1)C(c1ccccc1)N(C=Nc1ccc(Cl)cc1)c1ccc(Cl)cc1. The van der Waals surface area contributed by atoms with Gasteiger partial charge in [-0.25, -0.2) is 4.99 Å². The Bertz CT molecular complexity index is 1250. The van der Waals surface area contributed by atoms with Crippen molar-refractivity contribution in [2.75, 3.05) is 4.90 Å². The zero-order valence-electron chi connectivity index (χ0n) is 18.1. The highest BCUT2D eigenvalue weighted by atomic mass is 35.5. The van der Waals surface area contributed by atoms with E-state index in [-0.39, 0.29) is 0 Å². The number of aliphatic carboxylic acids is 1. The molecule has 6 heteroatoms. The van der Waals surface area contributed by atoms with Gasteiger partial charge in [0.05, 0.1) is 18.1 Å². The molecule has 1 N–H and O–H groups in total. The number of benzene rings is 4. The summed E-state index contributed by atoms with van der Waals surface area (Å²) >= 11 is 12.2. The van der Waals surface area contributed by atoms with Gasteiger partial charge in [0, 0.05) is 15.7 Å². The molecule has 0 aliphatic rings. The average molecular weight is 489 g/mol. The Morgan fingerprint density at radius 3 is 1.76 bits per heavy atom. The number of carboxylic acids is 1. The Labute approximate surface area is 208 Å². The van der Waals surface area contributed by atoms with Crippen molar-refractivity contribution in [3.63, 3.8) is 0 Å². The lowest BCUT2D eigenvalue weighted by Crippen LogP contribution is -2.35. The van der Waals surface area contributed by atoms with Gasteiger partial charge < -0.3 is 10.0 Å². The highest BCUT2D eigenvalue weighted by Gasteiger charge is 2.35. The number of carbonyl (C=O) groups is 1. The maximum Gasteiger partial charge on any atom is 0.313 e. The van der Waals surface area contributed by atoms with Gasteiger partial charge in [0.15, 0.2) is 0 Å². The first-order valence-electron chi connectivity index (χ1n) is 10.7. The number of hydrogen-bond acceptors (Lipinski definition) is 2. The van der Waals surface area contributed by atoms with Crippen molar-refractivity contribution in [1.29, 1.82) is 0 Å². The number of halogens is 2. The van der Waals surface area contributed by atoms with E-state index in [0.717, 1.165) is 11.3 Å². The van der Waals surface area contributed by atoms with E-state index in [2.05, 4.69) is 4.99 Å². The lowest BCUT2D eigenvalue weighted by atomic mass is 9.85. The van der Waals surface area contributed by atoms with Crippen molar-refractivity contribution >= 4 is 46.9 Å². The molecule has 4 aromatic carbocycles. The van der Waals surface area contributed by atoms with Crippen LogP contribution in [0.25, 0.3) is 0 Å². The van der Waals surface area contributed by atoms with Crippen LogP contribution in [0.4, 0.5) is 11.4 Å². The molecule has 0 aliphatic heterocycles. The number of rotatable bonds is 8. The second-order valence-electron chi connectivity index (χ2n) is 7.69. The van der Waals surface area contributed by atoms with Crippen LogP contribution in [0.15, 0.2) is 114 Å². The van der Waals surface area contributed by atoms with Crippen LogP contribution < -0.4 is 4.90 Å². The molecular weight excluding hydrogens is 467 g/mol. The third-order valence-corrected chi connectivity index (χ3v) is 5.97. The van der Waals surface area contributed by atoms with Gasteiger partial charge in [0.2, 0.25) is 0 Å². The third-order valence-electron chi connectivity index (χ3n) is 5.46. The molecule has 0 radical (unpaired) electrons. The van der Waals surface area contributed by atoms with Gasteiger partial charge in [-0.05, 0) is 59.7 Å². The molecule has 0 heterocycles. The van der Waals surface area contributed by atoms with Crippen molar-refractivity contribution in [2.24, 2.45) is 4.99 Å². The van der Waals surface area contributed by atoms with E-state index in [0.29, 0.717) is 21.3 Å². The Morgan fingerprint density at radius 2 is 1.24 bits per heavy atom. The van der Waals surface area contributed by atoms with Crippen molar-refractivity contribution < 1.29 is 9.90 Å². The molecule has 2 unspecified atom stereocenters. The van der Waals surface area contributed by atoms with E-state index < -0.39 is 17.9 Å². The molecule has 0 saturated carbocycles. The predicted octanol–water partition coefficient (Wildman–Crippen LogP) is 7.77. The van der Waals surface area contributed by atoms with Gasteiger partial charge in [-0.2, -0.15) is 0 Å². The lowest BCUT2D eigenvalue weighted by molar-refractivity contribution is -0.139. The maximum atomic E-state index is 12.7. The minimum Gasteiger partial charge on any atom is -0.481 e. The molecule has 0 fully saturated rings. The van der Waals surface area contributed by atoms with Crippen LogP contribution in [0.5, 0.6) is 0 Å². The molecule has 4 aromatic rings. The zero-order chi connectivity index (χ0) is 23.9. The van der Waals surface area contributed by atoms with Crippen molar-refractivity contribution in [3.8, 4) is 0 Å². The summed E-state index contributed by atoms with van der Waals surface area (Å²) in [4.78, 5) is 19.2. The van der Waals surface area contributed by atoms with Crippen LogP contribution in [-0.2, 0) is 4.79 Å². The lowest BCUT2D eigenvalue weighted by Gasteiger charge is -2.35. The number of anilines is 1. The van der Waals surface area contributed by atoms with E-state index in [1.807, 2.05) is 89.8 Å². The number of aliphatic imine (C=N–C) groups is 1. The summed E-state index contributed by atoms with van der Waals surface area (Å²) in [5.41, 5.74) is 3.00. The van der Waals surface area contributed by atoms with Crippen molar-refractivity contribution in [3.05, 3.63) is 130 Å². The van der Waals surface area contributed by atoms with E-state index >= 15 is 0 Å². The summed E-state index contributed by atoms with van der Waals surface area (Å²) in [5, 5.41) is 11.6. The zero-order valence-corrected chi connectivity index (χ0v) is 19.6. The average Bonchev–Trinajstić information content (AvgIpc) is 2.86. The van der Waals surface area contributed by atoms with Gasteiger partial charge in [-0.15, -0.1) is 0 Å². The normalized spacial score (nSPS) is 12.9. The third kappa shape index (κ3) is 5.66. The molecule has 2 atom stereocenters. The van der Waals surface area contributed by atoms with Crippen LogP contribution in [0.3, 0.4) is 0 Å². The molecule has 0 spiro atoms. The summed E-state index contributed by atoms with van der Waals surface area (Å²) in [5.74, 6) is -1.80. The second kappa shape index (κ2) is 11.0. The largest absolute Gasteiger partial charge is 0.481 e. The first-order chi connectivity index (χ1) is 16.5. The fraction of sp³-hybridized carbons (Fsp3) is 0.0714. The predicted molar refractivity (Wildman–Crippen MR) is 140 cm³/mol. The quantitative estimate of drug-likeness (QED) is 0.203. The molecular formula is C28H22Cl2N2O2. The standard InChI is InChI=1S/C28H22Cl2N2O2/c29-22-11-15-24(16-12-22)31-19-32(25-17-13-23(30)14-18-25)27(21-9-5-2-6-10-21)26(28(33)34)20-7-3-1-4-8-20/h1-19,26-27H,(H,33,34). The Hall–Kier alpha value is -3.60. The Morgan fingerprint density at radius 1 is 0.735 bits per heavy atom. The molecule has 0 saturated heterocycles. The molecule has 34 heavy (non-hydrogen) atoms. The molecule has 4 rings (SSSR count). The second-order valence-corrected chi connectivity index (χ2v) is 8.56. The topological polar surface area (TPSA) is 52.9 Å². The van der Waals surface area contributed by atoms with E-state index in [4.69, 9.17) is 23.2 Å². The highest BCUT2D eigenvalue weighted by Crippen LogP contribution is 2.39. The van der Waals surface area contributed by atoms with Crippen LogP contribution in [0.2, 0.25) is 10.0 Å². The first kappa shape index (κ1) is 23.6. The van der Waals surface area contributed by atoms with Crippen LogP contribution >= 0.6 is 23.2 Å². The van der Waals surface area contributed by atoms with Gasteiger partial charge in [0.25, 0.3) is 0 Å². The number of nitrogens with zero attached hydrogens (tertiary/aromatic N) is 2. The molecule has 0 bridgehead atoms.